The third-order valence-corrected chi connectivity index (χ3v) is 6.51. The number of urea groups is 1. The van der Waals surface area contributed by atoms with Crippen LogP contribution in [0.25, 0.3) is 0 Å². The summed E-state index contributed by atoms with van der Waals surface area (Å²) in [5.41, 5.74) is 5.96. The number of primary amides is 1. The molecule has 0 radical (unpaired) electrons. The number of anilines is 2. The summed E-state index contributed by atoms with van der Waals surface area (Å²) >= 11 is 0. The van der Waals surface area contributed by atoms with Gasteiger partial charge in [0.1, 0.15) is 6.04 Å². The molecular formula is C30H34N4O5. The van der Waals surface area contributed by atoms with E-state index in [9.17, 15) is 19.2 Å². The van der Waals surface area contributed by atoms with Crippen molar-refractivity contribution in [1.82, 2.24) is 5.32 Å². The highest BCUT2D eigenvalue weighted by Crippen LogP contribution is 2.40. The number of esters is 1. The molecular weight excluding hydrogens is 496 g/mol. The summed E-state index contributed by atoms with van der Waals surface area (Å²) in [6.45, 7) is 3.61. The van der Waals surface area contributed by atoms with E-state index in [4.69, 9.17) is 10.5 Å². The average molecular weight is 531 g/mol. The van der Waals surface area contributed by atoms with E-state index in [1.807, 2.05) is 6.07 Å². The van der Waals surface area contributed by atoms with Crippen molar-refractivity contribution in [3.05, 3.63) is 96.6 Å². The Hall–Kier alpha value is -4.66. The maximum absolute atomic E-state index is 14.5. The smallest absolute Gasteiger partial charge is 0.319 e. The molecule has 3 aromatic carbocycles. The summed E-state index contributed by atoms with van der Waals surface area (Å²) in [5, 5.41) is 5.39. The van der Waals surface area contributed by atoms with Crippen molar-refractivity contribution in [1.29, 1.82) is 0 Å². The van der Waals surface area contributed by atoms with Gasteiger partial charge in [-0.1, -0.05) is 80.6 Å². The monoisotopic (exact) mass is 530 g/mol. The molecule has 0 aliphatic heterocycles. The minimum atomic E-state index is -1.61. The van der Waals surface area contributed by atoms with E-state index >= 15 is 0 Å². The van der Waals surface area contributed by atoms with Crippen LogP contribution < -0.4 is 21.3 Å². The largest absolute Gasteiger partial charge is 0.469 e. The molecule has 9 nitrogen and oxygen atoms in total. The molecule has 2 unspecified atom stereocenters. The number of hydrogen-bond acceptors (Lipinski definition) is 5. The Morgan fingerprint density at radius 1 is 0.872 bits per heavy atom. The van der Waals surface area contributed by atoms with Crippen molar-refractivity contribution in [3.8, 4) is 0 Å². The zero-order chi connectivity index (χ0) is 28.4. The van der Waals surface area contributed by atoms with Gasteiger partial charge in [-0.15, -0.1) is 0 Å². The van der Waals surface area contributed by atoms with Gasteiger partial charge in [0.15, 0.2) is 5.54 Å². The highest BCUT2D eigenvalue weighted by atomic mass is 16.5. The van der Waals surface area contributed by atoms with Crippen molar-refractivity contribution in [2.45, 2.75) is 38.3 Å². The number of carbonyl (C=O) groups excluding carboxylic acids is 4. The van der Waals surface area contributed by atoms with E-state index in [0.29, 0.717) is 16.9 Å². The molecule has 3 aromatic rings. The fourth-order valence-corrected chi connectivity index (χ4v) is 4.66. The molecule has 4 amide bonds. The minimum absolute atomic E-state index is 0.0707. The summed E-state index contributed by atoms with van der Waals surface area (Å²) in [5.74, 6) is -2.36. The topological polar surface area (TPSA) is 131 Å². The van der Waals surface area contributed by atoms with E-state index in [-0.39, 0.29) is 12.8 Å². The Bertz CT molecular complexity index is 1270. The van der Waals surface area contributed by atoms with E-state index in [0.717, 1.165) is 0 Å². The number of carbonyl (C=O) groups is 4. The van der Waals surface area contributed by atoms with Crippen LogP contribution in [-0.2, 0) is 24.7 Å². The number of nitrogens with one attached hydrogen (secondary N) is 2. The molecule has 204 valence electrons. The van der Waals surface area contributed by atoms with Gasteiger partial charge < -0.3 is 21.1 Å². The number of amides is 4. The van der Waals surface area contributed by atoms with Crippen LogP contribution in [-0.4, -0.2) is 37.0 Å². The second kappa shape index (κ2) is 13.2. The predicted molar refractivity (Wildman–Crippen MR) is 150 cm³/mol. The Morgan fingerprint density at radius 3 is 1.92 bits per heavy atom. The van der Waals surface area contributed by atoms with Crippen molar-refractivity contribution in [2.75, 3.05) is 17.3 Å². The Balaban J connectivity index is 2.13. The van der Waals surface area contributed by atoms with Crippen LogP contribution in [0.15, 0.2) is 91.0 Å². The van der Waals surface area contributed by atoms with Gasteiger partial charge in [-0.25, -0.2) is 4.79 Å². The molecule has 0 saturated heterocycles. The van der Waals surface area contributed by atoms with Crippen LogP contribution in [0.1, 0.15) is 32.3 Å². The van der Waals surface area contributed by atoms with Gasteiger partial charge in [0.25, 0.3) is 5.91 Å². The Kier molecular flexibility index (Phi) is 9.80. The van der Waals surface area contributed by atoms with Crippen LogP contribution >= 0.6 is 0 Å². The second-order valence-corrected chi connectivity index (χ2v) is 9.29. The van der Waals surface area contributed by atoms with Crippen LogP contribution in [0.5, 0.6) is 0 Å². The first-order valence-electron chi connectivity index (χ1n) is 12.7. The van der Waals surface area contributed by atoms with Crippen molar-refractivity contribution in [3.63, 3.8) is 0 Å². The van der Waals surface area contributed by atoms with E-state index in [1.54, 1.807) is 98.8 Å². The van der Waals surface area contributed by atoms with E-state index < -0.39 is 41.3 Å². The fourth-order valence-electron chi connectivity index (χ4n) is 4.66. The van der Waals surface area contributed by atoms with Gasteiger partial charge in [-0.3, -0.25) is 19.3 Å². The van der Waals surface area contributed by atoms with Crippen molar-refractivity contribution in [2.24, 2.45) is 11.7 Å². The molecule has 0 aromatic heterocycles. The first-order valence-corrected chi connectivity index (χ1v) is 12.7. The molecule has 3 rings (SSSR count). The molecule has 0 fully saturated rings. The number of para-hydroxylation sites is 2. The van der Waals surface area contributed by atoms with Gasteiger partial charge in [-0.2, -0.15) is 0 Å². The summed E-state index contributed by atoms with van der Waals surface area (Å²) in [6, 6.07) is 24.4. The molecule has 4 N–H and O–H groups in total. The van der Waals surface area contributed by atoms with Gasteiger partial charge in [-0.05, 0) is 42.2 Å². The summed E-state index contributed by atoms with van der Waals surface area (Å²) in [4.78, 5) is 54.3. The number of nitrogens with zero attached hydrogens (tertiary/aromatic N) is 1. The SMILES string of the molecule is COC(=O)CCC(NC(=O)Nc1ccccc1)C(=O)N(c1ccccc1)C(C(N)=O)(c1ccccc1)C(C)C. The van der Waals surface area contributed by atoms with Crippen LogP contribution in [0.2, 0.25) is 0 Å². The first kappa shape index (κ1) is 28.9. The number of rotatable bonds is 11. The van der Waals surface area contributed by atoms with Crippen molar-refractivity contribution >= 4 is 35.2 Å². The number of nitrogens with two attached hydrogens (primary N) is 1. The molecule has 0 aliphatic rings. The summed E-state index contributed by atoms with van der Waals surface area (Å²) in [6.07, 6.45) is -0.212. The third-order valence-electron chi connectivity index (χ3n) is 6.51. The zero-order valence-corrected chi connectivity index (χ0v) is 22.3. The van der Waals surface area contributed by atoms with Gasteiger partial charge >= 0.3 is 12.0 Å². The molecule has 0 aliphatic carbocycles. The molecule has 9 heteroatoms. The summed E-state index contributed by atoms with van der Waals surface area (Å²) in [7, 11) is 1.25. The maximum atomic E-state index is 14.5. The van der Waals surface area contributed by atoms with Crippen LogP contribution in [0.3, 0.4) is 0 Å². The lowest BCUT2D eigenvalue weighted by Gasteiger charge is -2.46. The van der Waals surface area contributed by atoms with Gasteiger partial charge in [0, 0.05) is 17.8 Å². The number of methoxy groups -OCH3 is 1. The molecule has 0 spiro atoms. The van der Waals surface area contributed by atoms with E-state index in [2.05, 4.69) is 10.6 Å². The minimum Gasteiger partial charge on any atom is -0.469 e. The predicted octanol–water partition coefficient (Wildman–Crippen LogP) is 4.20. The van der Waals surface area contributed by atoms with Crippen LogP contribution in [0.4, 0.5) is 16.2 Å². The lowest BCUT2D eigenvalue weighted by atomic mass is 9.76. The standard InChI is InChI=1S/C30H34N4O5/c1-21(2)30(28(31)37,22-13-7-4-8-14-22)34(24-17-11-6-12-18-24)27(36)25(19-20-26(35)39-3)33-29(38)32-23-15-9-5-10-16-23/h4-18,21,25H,19-20H2,1-3H3,(H2,31,37)(H2,32,33,38). The van der Waals surface area contributed by atoms with Gasteiger partial charge in [0.2, 0.25) is 5.91 Å². The lowest BCUT2D eigenvalue weighted by molar-refractivity contribution is -0.141. The molecule has 0 heterocycles. The normalized spacial score (nSPS) is 13.0. The molecule has 39 heavy (non-hydrogen) atoms. The molecule has 2 atom stereocenters. The Morgan fingerprint density at radius 2 is 1.41 bits per heavy atom. The van der Waals surface area contributed by atoms with E-state index in [1.165, 1.54) is 12.0 Å². The highest BCUT2D eigenvalue weighted by Gasteiger charge is 2.51. The first-order chi connectivity index (χ1) is 18.7. The summed E-state index contributed by atoms with van der Waals surface area (Å²) < 4.78 is 4.77. The van der Waals surface area contributed by atoms with Gasteiger partial charge in [0.05, 0.1) is 7.11 Å². The van der Waals surface area contributed by atoms with Crippen LogP contribution in [0, 0.1) is 5.92 Å². The maximum Gasteiger partial charge on any atom is 0.319 e. The Labute approximate surface area is 228 Å². The fraction of sp³-hybridized carbons (Fsp3) is 0.267. The second-order valence-electron chi connectivity index (χ2n) is 9.29. The zero-order valence-electron chi connectivity index (χ0n) is 22.3. The lowest BCUT2D eigenvalue weighted by Crippen LogP contribution is -2.64. The molecule has 0 bridgehead atoms. The van der Waals surface area contributed by atoms with Crippen molar-refractivity contribution < 1.29 is 23.9 Å². The third kappa shape index (κ3) is 6.62. The number of benzene rings is 3. The highest BCUT2D eigenvalue weighted by molar-refractivity contribution is 6.07. The average Bonchev–Trinajstić information content (AvgIpc) is 2.94. The molecule has 0 saturated carbocycles. The number of hydrogen-bond donors (Lipinski definition) is 3. The number of ether oxygens (including phenoxy) is 1. The quantitative estimate of drug-likeness (QED) is 0.320.